The van der Waals surface area contributed by atoms with Gasteiger partial charge in [-0.1, -0.05) is 6.07 Å². The van der Waals surface area contributed by atoms with Gasteiger partial charge in [0, 0.05) is 0 Å². The Kier molecular flexibility index (Phi) is 2.38. The molecule has 0 unspecified atom stereocenters. The normalized spacial score (nSPS) is 17.5. The second-order valence-corrected chi connectivity index (χ2v) is 5.52. The smallest absolute Gasteiger partial charge is 0.240 e. The number of anilines is 1. The van der Waals surface area contributed by atoms with Gasteiger partial charge in [0.15, 0.2) is 9.84 Å². The molecule has 0 saturated heterocycles. The molecule has 1 aliphatic heterocycles. The average Bonchev–Trinajstić information content (AvgIpc) is 2.15. The third kappa shape index (κ3) is 1.55. The Morgan fingerprint density at radius 2 is 2.06 bits per heavy atom. The molecule has 86 valence electrons. The van der Waals surface area contributed by atoms with E-state index in [9.17, 15) is 13.2 Å². The summed E-state index contributed by atoms with van der Waals surface area (Å²) < 4.78 is 28.7. The summed E-state index contributed by atoms with van der Waals surface area (Å²) in [5.41, 5.74) is 0.856. The summed E-state index contributed by atoms with van der Waals surface area (Å²) in [6, 6.07) is 3.29. The highest BCUT2D eigenvalue weighted by Gasteiger charge is 2.32. The third-order valence-corrected chi connectivity index (χ3v) is 4.22. The Morgan fingerprint density at radius 3 is 2.69 bits per heavy atom. The number of ether oxygens (including phenoxy) is 1. The van der Waals surface area contributed by atoms with Crippen LogP contribution in [-0.2, 0) is 14.6 Å². The molecule has 0 atom stereocenters. The van der Waals surface area contributed by atoms with Crippen molar-refractivity contribution in [2.75, 3.05) is 18.2 Å². The first-order valence-corrected chi connectivity index (χ1v) is 6.31. The number of rotatable bonds is 1. The number of fused-ring (bicyclic) bond motifs is 1. The zero-order chi connectivity index (χ0) is 11.9. The Balaban J connectivity index is 2.80. The molecule has 0 spiro atoms. The highest BCUT2D eigenvalue weighted by molar-refractivity contribution is 7.92. The monoisotopic (exact) mass is 241 g/mol. The molecule has 0 aromatic heterocycles. The van der Waals surface area contributed by atoms with Crippen LogP contribution in [0.2, 0.25) is 0 Å². The highest BCUT2D eigenvalue weighted by Crippen LogP contribution is 2.37. The van der Waals surface area contributed by atoms with Crippen molar-refractivity contribution in [1.29, 1.82) is 0 Å². The van der Waals surface area contributed by atoms with E-state index in [-0.39, 0.29) is 10.6 Å². The number of hydrogen-bond donors (Lipinski definition) is 1. The molecule has 0 saturated carbocycles. The quantitative estimate of drug-likeness (QED) is 0.786. The zero-order valence-electron chi connectivity index (χ0n) is 8.90. The fourth-order valence-corrected chi connectivity index (χ4v) is 3.36. The summed E-state index contributed by atoms with van der Waals surface area (Å²) in [4.78, 5) is 11.4. The molecular weight excluding hydrogens is 230 g/mol. The summed E-state index contributed by atoms with van der Waals surface area (Å²) in [6.07, 6.45) is 0. The molecular formula is C10H11NO4S. The van der Waals surface area contributed by atoms with E-state index in [0.29, 0.717) is 11.3 Å². The molecule has 0 fully saturated rings. The van der Waals surface area contributed by atoms with Crippen LogP contribution < -0.4 is 10.1 Å². The van der Waals surface area contributed by atoms with Gasteiger partial charge in [-0.3, -0.25) is 4.79 Å². The summed E-state index contributed by atoms with van der Waals surface area (Å²) in [7, 11) is -2.12. The number of carbonyl (C=O) groups is 1. The number of carbonyl (C=O) groups excluding carboxylic acids is 1. The van der Waals surface area contributed by atoms with Crippen molar-refractivity contribution >= 4 is 21.4 Å². The first-order chi connectivity index (χ1) is 7.45. The van der Waals surface area contributed by atoms with Gasteiger partial charge >= 0.3 is 0 Å². The number of hydrogen-bond acceptors (Lipinski definition) is 4. The molecule has 1 heterocycles. The van der Waals surface area contributed by atoms with E-state index < -0.39 is 21.5 Å². The minimum atomic E-state index is -3.55. The Morgan fingerprint density at radius 1 is 1.38 bits per heavy atom. The van der Waals surface area contributed by atoms with Crippen LogP contribution in [0.5, 0.6) is 5.75 Å². The standard InChI is InChI=1S/C10H11NO4S/c1-6-3-4-7(15-2)9-10(6)16(13,14)5-8(12)11-9/h3-4H,5H2,1-2H3,(H,11,12). The Bertz CT molecular complexity index is 562. The van der Waals surface area contributed by atoms with Gasteiger partial charge in [0.1, 0.15) is 17.2 Å². The summed E-state index contributed by atoms with van der Waals surface area (Å²) in [6.45, 7) is 1.69. The number of benzene rings is 1. The van der Waals surface area contributed by atoms with Crippen LogP contribution in [0.25, 0.3) is 0 Å². The van der Waals surface area contributed by atoms with Crippen LogP contribution in [0.15, 0.2) is 17.0 Å². The van der Waals surface area contributed by atoms with Gasteiger partial charge in [0.2, 0.25) is 5.91 Å². The van der Waals surface area contributed by atoms with Crippen LogP contribution in [-0.4, -0.2) is 27.2 Å². The van der Waals surface area contributed by atoms with Crippen LogP contribution >= 0.6 is 0 Å². The van der Waals surface area contributed by atoms with Crippen molar-refractivity contribution in [3.8, 4) is 5.75 Å². The molecule has 6 heteroatoms. The lowest BCUT2D eigenvalue weighted by atomic mass is 10.2. The molecule has 1 aliphatic rings. The first kappa shape index (κ1) is 10.9. The first-order valence-electron chi connectivity index (χ1n) is 4.66. The Labute approximate surface area is 93.3 Å². The van der Waals surface area contributed by atoms with Crippen molar-refractivity contribution < 1.29 is 17.9 Å². The molecule has 1 aromatic carbocycles. The zero-order valence-corrected chi connectivity index (χ0v) is 9.72. The van der Waals surface area contributed by atoms with Gasteiger partial charge < -0.3 is 10.1 Å². The molecule has 0 aliphatic carbocycles. The molecule has 1 N–H and O–H groups in total. The Hall–Kier alpha value is -1.56. The van der Waals surface area contributed by atoms with E-state index >= 15 is 0 Å². The van der Waals surface area contributed by atoms with Gasteiger partial charge in [-0.2, -0.15) is 0 Å². The fraction of sp³-hybridized carbons (Fsp3) is 0.300. The lowest BCUT2D eigenvalue weighted by Crippen LogP contribution is -2.30. The van der Waals surface area contributed by atoms with E-state index in [1.165, 1.54) is 7.11 Å². The highest BCUT2D eigenvalue weighted by atomic mass is 32.2. The van der Waals surface area contributed by atoms with Gasteiger partial charge in [-0.25, -0.2) is 8.42 Å². The van der Waals surface area contributed by atoms with Crippen molar-refractivity contribution in [2.45, 2.75) is 11.8 Å². The topological polar surface area (TPSA) is 72.5 Å². The molecule has 5 nitrogen and oxygen atoms in total. The number of amides is 1. The van der Waals surface area contributed by atoms with E-state index in [0.717, 1.165) is 0 Å². The number of nitrogens with one attached hydrogen (secondary N) is 1. The molecule has 0 radical (unpaired) electrons. The van der Waals surface area contributed by atoms with Gasteiger partial charge in [-0.15, -0.1) is 0 Å². The number of aryl methyl sites for hydroxylation is 1. The molecule has 1 aromatic rings. The minimum Gasteiger partial charge on any atom is -0.495 e. The van der Waals surface area contributed by atoms with E-state index in [1.54, 1.807) is 19.1 Å². The van der Waals surface area contributed by atoms with E-state index in [2.05, 4.69) is 5.32 Å². The van der Waals surface area contributed by atoms with Crippen molar-refractivity contribution in [3.05, 3.63) is 17.7 Å². The average molecular weight is 241 g/mol. The molecule has 1 amide bonds. The van der Waals surface area contributed by atoms with Crippen molar-refractivity contribution in [1.82, 2.24) is 0 Å². The second kappa shape index (κ2) is 3.48. The lowest BCUT2D eigenvalue weighted by molar-refractivity contribution is -0.114. The predicted molar refractivity (Wildman–Crippen MR) is 58.4 cm³/mol. The SMILES string of the molecule is COc1ccc(C)c2c1NC(=O)CS2(=O)=O. The van der Waals surface area contributed by atoms with Crippen LogP contribution in [0.3, 0.4) is 0 Å². The molecule has 16 heavy (non-hydrogen) atoms. The molecule has 2 rings (SSSR count). The summed E-state index contributed by atoms with van der Waals surface area (Å²) >= 11 is 0. The second-order valence-electron chi connectivity index (χ2n) is 3.60. The summed E-state index contributed by atoms with van der Waals surface area (Å²) in [5, 5.41) is 2.53. The third-order valence-electron chi connectivity index (χ3n) is 2.43. The predicted octanol–water partition coefficient (Wildman–Crippen LogP) is 0.729. The fourth-order valence-electron chi connectivity index (χ4n) is 1.78. The lowest BCUT2D eigenvalue weighted by Gasteiger charge is -2.21. The summed E-state index contributed by atoms with van der Waals surface area (Å²) in [5.74, 6) is -0.679. The van der Waals surface area contributed by atoms with Crippen LogP contribution in [0, 0.1) is 6.92 Å². The van der Waals surface area contributed by atoms with Crippen molar-refractivity contribution in [3.63, 3.8) is 0 Å². The maximum atomic E-state index is 11.9. The maximum Gasteiger partial charge on any atom is 0.240 e. The van der Waals surface area contributed by atoms with Gasteiger partial charge in [-0.05, 0) is 18.6 Å². The van der Waals surface area contributed by atoms with E-state index in [4.69, 9.17) is 4.74 Å². The van der Waals surface area contributed by atoms with Gasteiger partial charge in [0.05, 0.1) is 12.0 Å². The van der Waals surface area contributed by atoms with Crippen molar-refractivity contribution in [2.24, 2.45) is 0 Å². The molecule has 0 bridgehead atoms. The van der Waals surface area contributed by atoms with Crippen LogP contribution in [0.4, 0.5) is 5.69 Å². The number of sulfone groups is 1. The number of methoxy groups -OCH3 is 1. The van der Waals surface area contributed by atoms with E-state index in [1.807, 2.05) is 0 Å². The van der Waals surface area contributed by atoms with Crippen LogP contribution in [0.1, 0.15) is 5.56 Å². The van der Waals surface area contributed by atoms with Gasteiger partial charge in [0.25, 0.3) is 0 Å². The minimum absolute atomic E-state index is 0.159. The maximum absolute atomic E-state index is 11.9. The largest absolute Gasteiger partial charge is 0.495 e.